The van der Waals surface area contributed by atoms with Crippen LogP contribution in [-0.2, 0) is 16.4 Å². The summed E-state index contributed by atoms with van der Waals surface area (Å²) >= 11 is 0. The van der Waals surface area contributed by atoms with E-state index in [9.17, 15) is 8.42 Å². The van der Waals surface area contributed by atoms with E-state index in [1.165, 1.54) is 18.5 Å². The van der Waals surface area contributed by atoms with Crippen molar-refractivity contribution in [3.63, 3.8) is 0 Å². The van der Waals surface area contributed by atoms with Crippen molar-refractivity contribution >= 4 is 50.8 Å². The second-order valence-corrected chi connectivity index (χ2v) is 11.0. The standard InChI is InChI=1S/C27H30N6O3S.ClH/c1-33-14-11-19(12-15-33)16-20-9-10-21(36-2)17-25(20)31-26-27(30-24-8-4-3-7-23(24)29-26)32-37(34,35)22-6-5-13-28-18-22;/h3-10,13,17-19H,11-12,14-16H2,1-2H3,(H,29,31)(H,30,32);1H. The van der Waals surface area contributed by atoms with Crippen LogP contribution in [0.15, 0.2) is 71.9 Å². The van der Waals surface area contributed by atoms with Crippen LogP contribution in [0.25, 0.3) is 11.0 Å². The number of sulfonamides is 1. The van der Waals surface area contributed by atoms with Crippen LogP contribution in [0.4, 0.5) is 17.3 Å². The topological polar surface area (TPSA) is 109 Å². The normalized spacial score (nSPS) is 14.6. The molecule has 4 aromatic rings. The zero-order valence-corrected chi connectivity index (χ0v) is 22.9. The summed E-state index contributed by atoms with van der Waals surface area (Å²) in [7, 11) is -0.152. The van der Waals surface area contributed by atoms with E-state index >= 15 is 0 Å². The molecule has 0 saturated carbocycles. The first-order chi connectivity index (χ1) is 17.9. The molecule has 0 amide bonds. The van der Waals surface area contributed by atoms with E-state index in [4.69, 9.17) is 9.72 Å². The zero-order chi connectivity index (χ0) is 25.8. The van der Waals surface area contributed by atoms with E-state index < -0.39 is 10.0 Å². The van der Waals surface area contributed by atoms with Gasteiger partial charge in [-0.15, -0.1) is 12.4 Å². The van der Waals surface area contributed by atoms with Gasteiger partial charge >= 0.3 is 0 Å². The third-order valence-electron chi connectivity index (χ3n) is 6.66. The summed E-state index contributed by atoms with van der Waals surface area (Å²) in [6, 6.07) is 16.3. The fourth-order valence-corrected chi connectivity index (χ4v) is 5.50. The van der Waals surface area contributed by atoms with E-state index in [0.717, 1.165) is 43.6 Å². The number of likely N-dealkylation sites (tertiary alicyclic amines) is 1. The monoisotopic (exact) mass is 554 g/mol. The number of halogens is 1. The van der Waals surface area contributed by atoms with Gasteiger partial charge in [-0.2, -0.15) is 0 Å². The summed E-state index contributed by atoms with van der Waals surface area (Å²) in [5.74, 6) is 1.68. The molecule has 3 heterocycles. The van der Waals surface area contributed by atoms with Gasteiger partial charge in [-0.05, 0) is 81.2 Å². The molecule has 2 N–H and O–H groups in total. The number of aromatic nitrogens is 3. The molecule has 0 bridgehead atoms. The number of pyridine rings is 1. The summed E-state index contributed by atoms with van der Waals surface area (Å²) < 4.78 is 34.4. The Hall–Kier alpha value is -3.47. The Labute approximate surface area is 229 Å². The number of rotatable bonds is 8. The molecule has 9 nitrogen and oxygen atoms in total. The molecule has 200 valence electrons. The molecule has 38 heavy (non-hydrogen) atoms. The highest BCUT2D eigenvalue weighted by atomic mass is 35.5. The van der Waals surface area contributed by atoms with Crippen molar-refractivity contribution in [3.05, 3.63) is 72.6 Å². The van der Waals surface area contributed by atoms with Crippen LogP contribution in [0.5, 0.6) is 5.75 Å². The van der Waals surface area contributed by atoms with Gasteiger partial charge in [-0.1, -0.05) is 18.2 Å². The second-order valence-electron chi connectivity index (χ2n) is 9.30. The minimum atomic E-state index is -3.93. The smallest absolute Gasteiger partial charge is 0.264 e. The van der Waals surface area contributed by atoms with Crippen molar-refractivity contribution in [2.75, 3.05) is 37.3 Å². The molecule has 0 spiro atoms. The number of benzene rings is 2. The summed E-state index contributed by atoms with van der Waals surface area (Å²) in [5.41, 5.74) is 3.15. The molecule has 5 rings (SSSR count). The van der Waals surface area contributed by atoms with Gasteiger partial charge in [0.2, 0.25) is 0 Å². The van der Waals surface area contributed by atoms with Crippen LogP contribution in [0.1, 0.15) is 18.4 Å². The summed E-state index contributed by atoms with van der Waals surface area (Å²) in [4.78, 5) is 15.7. The van der Waals surface area contributed by atoms with Crippen LogP contribution < -0.4 is 14.8 Å². The molecular formula is C27H31ClN6O3S. The second kappa shape index (κ2) is 11.9. The van der Waals surface area contributed by atoms with E-state index in [2.05, 4.69) is 38.0 Å². The van der Waals surface area contributed by atoms with Crippen LogP contribution in [-0.4, -0.2) is 55.5 Å². The minimum absolute atomic E-state index is 0. The lowest BCUT2D eigenvalue weighted by Crippen LogP contribution is -2.31. The third-order valence-corrected chi connectivity index (χ3v) is 7.99. The van der Waals surface area contributed by atoms with Gasteiger partial charge in [0.05, 0.1) is 18.1 Å². The van der Waals surface area contributed by atoms with Crippen molar-refractivity contribution in [3.8, 4) is 5.75 Å². The van der Waals surface area contributed by atoms with Crippen LogP contribution in [0.3, 0.4) is 0 Å². The average Bonchev–Trinajstić information content (AvgIpc) is 2.91. The molecule has 2 aromatic heterocycles. The Kier molecular flexibility index (Phi) is 8.65. The SMILES string of the molecule is COc1ccc(CC2CCN(C)CC2)c(Nc2nc3ccccc3nc2NS(=O)(=O)c2cccnc2)c1.Cl. The van der Waals surface area contributed by atoms with Crippen molar-refractivity contribution in [1.29, 1.82) is 0 Å². The largest absolute Gasteiger partial charge is 0.497 e. The summed E-state index contributed by atoms with van der Waals surface area (Å²) in [6.45, 7) is 2.17. The zero-order valence-electron chi connectivity index (χ0n) is 21.3. The van der Waals surface area contributed by atoms with Crippen molar-refractivity contribution < 1.29 is 13.2 Å². The number of nitrogens with one attached hydrogen (secondary N) is 2. The molecular weight excluding hydrogens is 524 g/mol. The number of para-hydroxylation sites is 2. The number of hydrogen-bond donors (Lipinski definition) is 2. The lowest BCUT2D eigenvalue weighted by Gasteiger charge is -2.29. The summed E-state index contributed by atoms with van der Waals surface area (Å²) in [6.07, 6.45) is 5.99. The number of anilines is 3. The quantitative estimate of drug-likeness (QED) is 0.317. The Balaban J connectivity index is 0.00000336. The number of methoxy groups -OCH3 is 1. The number of ether oxygens (including phenoxy) is 1. The molecule has 0 radical (unpaired) electrons. The Morgan fingerprint density at radius 1 is 1.00 bits per heavy atom. The van der Waals surface area contributed by atoms with Gasteiger partial charge in [0, 0.05) is 24.1 Å². The Bertz CT molecular complexity index is 1500. The lowest BCUT2D eigenvalue weighted by molar-refractivity contribution is 0.219. The summed E-state index contributed by atoms with van der Waals surface area (Å²) in [5, 5.41) is 3.37. The predicted molar refractivity (Wildman–Crippen MR) is 152 cm³/mol. The highest BCUT2D eigenvalue weighted by Crippen LogP contribution is 2.33. The van der Waals surface area contributed by atoms with E-state index in [1.807, 2.05) is 30.3 Å². The molecule has 0 unspecified atom stereocenters. The van der Waals surface area contributed by atoms with Gasteiger partial charge in [0.1, 0.15) is 10.6 Å². The van der Waals surface area contributed by atoms with Gasteiger partial charge in [0.15, 0.2) is 11.6 Å². The molecule has 1 saturated heterocycles. The molecule has 1 fully saturated rings. The van der Waals surface area contributed by atoms with Gasteiger partial charge < -0.3 is 15.0 Å². The highest BCUT2D eigenvalue weighted by molar-refractivity contribution is 7.92. The van der Waals surface area contributed by atoms with Gasteiger partial charge in [-0.3, -0.25) is 9.71 Å². The molecule has 1 aliphatic heterocycles. The van der Waals surface area contributed by atoms with Crippen molar-refractivity contribution in [2.24, 2.45) is 5.92 Å². The highest BCUT2D eigenvalue weighted by Gasteiger charge is 2.22. The van der Waals surface area contributed by atoms with Crippen molar-refractivity contribution in [1.82, 2.24) is 19.9 Å². The van der Waals surface area contributed by atoms with Gasteiger partial charge in [-0.25, -0.2) is 18.4 Å². The molecule has 0 aliphatic carbocycles. The molecule has 0 atom stereocenters. The molecule has 1 aliphatic rings. The maximum Gasteiger partial charge on any atom is 0.264 e. The first-order valence-corrected chi connectivity index (χ1v) is 13.7. The van der Waals surface area contributed by atoms with Crippen LogP contribution >= 0.6 is 12.4 Å². The first kappa shape index (κ1) is 27.6. The van der Waals surface area contributed by atoms with Crippen LogP contribution in [0.2, 0.25) is 0 Å². The molecule has 2 aromatic carbocycles. The predicted octanol–water partition coefficient (Wildman–Crippen LogP) is 4.88. The van der Waals surface area contributed by atoms with Crippen molar-refractivity contribution in [2.45, 2.75) is 24.2 Å². The lowest BCUT2D eigenvalue weighted by atomic mass is 9.89. The number of piperidine rings is 1. The minimum Gasteiger partial charge on any atom is -0.497 e. The van der Waals surface area contributed by atoms with Gasteiger partial charge in [0.25, 0.3) is 10.0 Å². The maximum atomic E-state index is 13.1. The van der Waals surface area contributed by atoms with Crippen LogP contribution in [0, 0.1) is 5.92 Å². The number of fused-ring (bicyclic) bond motifs is 1. The molecule has 11 heteroatoms. The fourth-order valence-electron chi connectivity index (χ4n) is 4.53. The average molecular weight is 555 g/mol. The fraction of sp³-hybridized carbons (Fsp3) is 0.296. The Morgan fingerprint density at radius 2 is 1.71 bits per heavy atom. The first-order valence-electron chi connectivity index (χ1n) is 12.2. The number of nitrogens with zero attached hydrogens (tertiary/aromatic N) is 4. The van der Waals surface area contributed by atoms with E-state index in [0.29, 0.717) is 28.5 Å². The maximum absolute atomic E-state index is 13.1. The Morgan fingerprint density at radius 3 is 2.37 bits per heavy atom. The number of hydrogen-bond acceptors (Lipinski definition) is 8. The van der Waals surface area contributed by atoms with E-state index in [-0.39, 0.29) is 23.1 Å². The van der Waals surface area contributed by atoms with E-state index in [1.54, 1.807) is 19.2 Å². The third kappa shape index (κ3) is 6.32.